The number of hydrogen-bond donors (Lipinski definition) is 1. The van der Waals surface area contributed by atoms with E-state index in [1.54, 1.807) is 0 Å². The summed E-state index contributed by atoms with van der Waals surface area (Å²) < 4.78 is 0. The Kier molecular flexibility index (Phi) is 5.22. The summed E-state index contributed by atoms with van der Waals surface area (Å²) in [5.41, 5.74) is 1.32. The van der Waals surface area contributed by atoms with Crippen molar-refractivity contribution in [3.8, 4) is 0 Å². The molecule has 21 heavy (non-hydrogen) atoms. The highest BCUT2D eigenvalue weighted by atomic mass is 16.3. The van der Waals surface area contributed by atoms with Gasteiger partial charge in [-0.05, 0) is 62.9 Å². The van der Waals surface area contributed by atoms with E-state index in [9.17, 15) is 5.11 Å². The van der Waals surface area contributed by atoms with Gasteiger partial charge in [-0.1, -0.05) is 6.07 Å². The van der Waals surface area contributed by atoms with Gasteiger partial charge in [0.1, 0.15) is 0 Å². The zero-order chi connectivity index (χ0) is 14.5. The molecule has 0 aromatic carbocycles. The summed E-state index contributed by atoms with van der Waals surface area (Å²) in [6.45, 7) is 6.10. The molecule has 0 saturated carbocycles. The fraction of sp³-hybridized carbons (Fsp3) is 0.706. The van der Waals surface area contributed by atoms with Crippen LogP contribution in [0.3, 0.4) is 0 Å². The van der Waals surface area contributed by atoms with Crippen LogP contribution in [0, 0.1) is 5.92 Å². The highest BCUT2D eigenvalue weighted by Crippen LogP contribution is 2.23. The van der Waals surface area contributed by atoms with Gasteiger partial charge < -0.3 is 5.11 Å². The van der Waals surface area contributed by atoms with Crippen molar-refractivity contribution in [3.05, 3.63) is 30.1 Å². The molecule has 2 aliphatic heterocycles. The first kappa shape index (κ1) is 14.9. The van der Waals surface area contributed by atoms with Crippen molar-refractivity contribution in [2.24, 2.45) is 5.92 Å². The molecule has 1 N–H and O–H groups in total. The molecule has 4 nitrogen and oxygen atoms in total. The van der Waals surface area contributed by atoms with E-state index in [-0.39, 0.29) is 0 Å². The van der Waals surface area contributed by atoms with Gasteiger partial charge in [-0.25, -0.2) is 0 Å². The van der Waals surface area contributed by atoms with Crippen LogP contribution in [0.4, 0.5) is 0 Å². The molecule has 1 aromatic heterocycles. The van der Waals surface area contributed by atoms with Gasteiger partial charge >= 0.3 is 0 Å². The molecule has 0 amide bonds. The lowest BCUT2D eigenvalue weighted by atomic mass is 9.94. The molecule has 3 rings (SSSR count). The van der Waals surface area contributed by atoms with Crippen molar-refractivity contribution in [1.29, 1.82) is 0 Å². The summed E-state index contributed by atoms with van der Waals surface area (Å²) in [6.07, 6.45) is 8.77. The number of likely N-dealkylation sites (tertiary alicyclic amines) is 2. The van der Waals surface area contributed by atoms with Crippen LogP contribution in [0.5, 0.6) is 0 Å². The quantitative estimate of drug-likeness (QED) is 0.917. The summed E-state index contributed by atoms with van der Waals surface area (Å²) in [7, 11) is 0. The monoisotopic (exact) mass is 289 g/mol. The number of nitrogens with zero attached hydrogens (tertiary/aromatic N) is 3. The highest BCUT2D eigenvalue weighted by molar-refractivity contribution is 5.08. The molecule has 0 aliphatic carbocycles. The number of aliphatic hydroxyl groups is 1. The lowest BCUT2D eigenvalue weighted by molar-refractivity contribution is 0.0543. The Labute approximate surface area is 127 Å². The van der Waals surface area contributed by atoms with Crippen LogP contribution in [0.15, 0.2) is 24.5 Å². The molecule has 2 saturated heterocycles. The SMILES string of the molecule is OCC1CCN([C@H]2CCCN(Cc3cccnc3)C2)CC1. The van der Waals surface area contributed by atoms with Crippen LogP contribution in [-0.4, -0.2) is 58.7 Å². The summed E-state index contributed by atoms with van der Waals surface area (Å²) in [4.78, 5) is 9.44. The number of aliphatic hydroxyl groups excluding tert-OH is 1. The van der Waals surface area contributed by atoms with E-state index < -0.39 is 0 Å². The van der Waals surface area contributed by atoms with Crippen LogP contribution >= 0.6 is 0 Å². The second kappa shape index (κ2) is 7.34. The molecule has 3 heterocycles. The minimum absolute atomic E-state index is 0.367. The Morgan fingerprint density at radius 1 is 1.19 bits per heavy atom. The molecule has 2 aliphatic rings. The van der Waals surface area contributed by atoms with Gasteiger partial charge in [0.15, 0.2) is 0 Å². The fourth-order valence-electron chi connectivity index (χ4n) is 3.72. The summed E-state index contributed by atoms with van der Waals surface area (Å²) in [5.74, 6) is 0.538. The van der Waals surface area contributed by atoms with Crippen LogP contribution in [0.25, 0.3) is 0 Å². The Balaban J connectivity index is 1.51. The van der Waals surface area contributed by atoms with Crippen molar-refractivity contribution >= 4 is 0 Å². The van der Waals surface area contributed by atoms with Crippen LogP contribution in [-0.2, 0) is 6.54 Å². The second-order valence-electron chi connectivity index (χ2n) is 6.55. The zero-order valence-electron chi connectivity index (χ0n) is 12.8. The van der Waals surface area contributed by atoms with Gasteiger partial charge in [-0.15, -0.1) is 0 Å². The third-order valence-electron chi connectivity index (χ3n) is 5.03. The average molecular weight is 289 g/mol. The first-order valence-electron chi connectivity index (χ1n) is 8.31. The van der Waals surface area contributed by atoms with Gasteiger partial charge in [0.2, 0.25) is 0 Å². The van der Waals surface area contributed by atoms with E-state index in [1.165, 1.54) is 31.5 Å². The Bertz CT molecular complexity index is 417. The van der Waals surface area contributed by atoms with Gasteiger partial charge in [0, 0.05) is 38.1 Å². The first-order valence-corrected chi connectivity index (χ1v) is 8.31. The van der Waals surface area contributed by atoms with Gasteiger partial charge in [-0.2, -0.15) is 0 Å². The van der Waals surface area contributed by atoms with Crippen molar-refractivity contribution in [2.45, 2.75) is 38.3 Å². The Morgan fingerprint density at radius 3 is 2.76 bits per heavy atom. The maximum absolute atomic E-state index is 9.26. The molecule has 0 radical (unpaired) electrons. The predicted molar refractivity (Wildman–Crippen MR) is 83.9 cm³/mol. The molecule has 2 fully saturated rings. The summed E-state index contributed by atoms with van der Waals surface area (Å²) >= 11 is 0. The van der Waals surface area contributed by atoms with E-state index in [0.29, 0.717) is 18.6 Å². The maximum atomic E-state index is 9.26. The number of hydrogen-bond acceptors (Lipinski definition) is 4. The van der Waals surface area contributed by atoms with E-state index in [0.717, 1.165) is 32.5 Å². The van der Waals surface area contributed by atoms with E-state index >= 15 is 0 Å². The third-order valence-corrected chi connectivity index (χ3v) is 5.03. The van der Waals surface area contributed by atoms with Crippen molar-refractivity contribution in [3.63, 3.8) is 0 Å². The average Bonchev–Trinajstić information content (AvgIpc) is 2.56. The molecule has 1 atom stereocenters. The second-order valence-corrected chi connectivity index (χ2v) is 6.55. The third kappa shape index (κ3) is 4.02. The molecule has 0 spiro atoms. The fourth-order valence-corrected chi connectivity index (χ4v) is 3.72. The van der Waals surface area contributed by atoms with Crippen LogP contribution in [0.1, 0.15) is 31.2 Å². The number of rotatable bonds is 4. The normalized spacial score (nSPS) is 26.0. The highest BCUT2D eigenvalue weighted by Gasteiger charge is 2.28. The van der Waals surface area contributed by atoms with Crippen molar-refractivity contribution in [1.82, 2.24) is 14.8 Å². The lowest BCUT2D eigenvalue weighted by Crippen LogP contribution is -2.50. The first-order chi connectivity index (χ1) is 10.3. The van der Waals surface area contributed by atoms with Crippen molar-refractivity contribution in [2.75, 3.05) is 32.8 Å². The molecular weight excluding hydrogens is 262 g/mol. The van der Waals surface area contributed by atoms with E-state index in [1.807, 2.05) is 18.5 Å². The van der Waals surface area contributed by atoms with E-state index in [4.69, 9.17) is 0 Å². The standard InChI is InChI=1S/C17H27N3O/c21-14-15-5-9-20(10-6-15)17-4-2-8-19(13-17)12-16-3-1-7-18-11-16/h1,3,7,11,15,17,21H,2,4-6,8-10,12-14H2/t17-/m0/s1. The Hall–Kier alpha value is -0.970. The number of pyridine rings is 1. The molecule has 4 heteroatoms. The van der Waals surface area contributed by atoms with Crippen LogP contribution < -0.4 is 0 Å². The van der Waals surface area contributed by atoms with Gasteiger partial charge in [-0.3, -0.25) is 14.8 Å². The number of piperidine rings is 2. The maximum Gasteiger partial charge on any atom is 0.0460 e. The summed E-state index contributed by atoms with van der Waals surface area (Å²) in [5, 5.41) is 9.26. The number of aromatic nitrogens is 1. The zero-order valence-corrected chi connectivity index (χ0v) is 12.8. The van der Waals surface area contributed by atoms with Crippen molar-refractivity contribution < 1.29 is 5.11 Å². The topological polar surface area (TPSA) is 39.6 Å². The molecule has 0 bridgehead atoms. The van der Waals surface area contributed by atoms with Crippen LogP contribution in [0.2, 0.25) is 0 Å². The molecule has 1 aromatic rings. The predicted octanol–water partition coefficient (Wildman–Crippen LogP) is 1.75. The minimum Gasteiger partial charge on any atom is -0.396 e. The largest absolute Gasteiger partial charge is 0.396 e. The lowest BCUT2D eigenvalue weighted by Gasteiger charge is -2.42. The molecular formula is C17H27N3O. The van der Waals surface area contributed by atoms with Gasteiger partial charge in [0.05, 0.1) is 0 Å². The van der Waals surface area contributed by atoms with E-state index in [2.05, 4.69) is 20.9 Å². The smallest absolute Gasteiger partial charge is 0.0460 e. The minimum atomic E-state index is 0.367. The van der Waals surface area contributed by atoms with Gasteiger partial charge in [0.25, 0.3) is 0 Å². The summed E-state index contributed by atoms with van der Waals surface area (Å²) in [6, 6.07) is 4.90. The molecule has 116 valence electrons. The Morgan fingerprint density at radius 2 is 2.05 bits per heavy atom. The molecule has 0 unspecified atom stereocenters.